The molecule has 128 valence electrons. The van der Waals surface area contributed by atoms with Crippen molar-refractivity contribution in [3.05, 3.63) is 46.8 Å². The minimum atomic E-state index is -0.128. The lowest BCUT2D eigenvalue weighted by Crippen LogP contribution is -2.29. The number of ether oxygens (including phenoxy) is 2. The zero-order valence-electron chi connectivity index (χ0n) is 14.0. The summed E-state index contributed by atoms with van der Waals surface area (Å²) in [5.41, 5.74) is 2.24. The highest BCUT2D eigenvalue weighted by atomic mass is 16.5. The van der Waals surface area contributed by atoms with Crippen molar-refractivity contribution in [2.45, 2.75) is 26.9 Å². The molecule has 1 unspecified atom stereocenters. The molecule has 1 atom stereocenters. The maximum atomic E-state index is 12.5. The van der Waals surface area contributed by atoms with Crippen LogP contribution in [0.1, 0.15) is 33.8 Å². The van der Waals surface area contributed by atoms with Gasteiger partial charge in [-0.15, -0.1) is 0 Å². The number of para-hydroxylation sites is 1. The summed E-state index contributed by atoms with van der Waals surface area (Å²) in [6, 6.07) is 7.25. The highest BCUT2D eigenvalue weighted by molar-refractivity contribution is 5.96. The number of nitrogens with one attached hydrogen (secondary N) is 1. The van der Waals surface area contributed by atoms with Gasteiger partial charge in [0.05, 0.1) is 23.4 Å². The van der Waals surface area contributed by atoms with E-state index in [1.165, 1.54) is 0 Å². The lowest BCUT2D eigenvalue weighted by molar-refractivity contribution is 0.0940. The van der Waals surface area contributed by atoms with E-state index < -0.39 is 0 Å². The second-order valence-corrected chi connectivity index (χ2v) is 6.03. The van der Waals surface area contributed by atoms with Gasteiger partial charge in [0.15, 0.2) is 0 Å². The topological polar surface area (TPSA) is 73.6 Å². The number of amides is 1. The number of carbonyl (C=O) groups excluding carboxylic acids is 1. The molecule has 2 aromatic rings. The van der Waals surface area contributed by atoms with E-state index in [9.17, 15) is 4.79 Å². The third kappa shape index (κ3) is 3.76. The molecule has 1 fully saturated rings. The Balaban J connectivity index is 1.64. The van der Waals surface area contributed by atoms with E-state index in [-0.39, 0.29) is 5.91 Å². The van der Waals surface area contributed by atoms with Gasteiger partial charge >= 0.3 is 0 Å². The second kappa shape index (κ2) is 7.49. The molecule has 0 spiro atoms. The number of hydrogen-bond donors (Lipinski definition) is 1. The van der Waals surface area contributed by atoms with Crippen LogP contribution in [0.15, 0.2) is 28.8 Å². The van der Waals surface area contributed by atoms with Crippen molar-refractivity contribution < 1.29 is 18.8 Å². The van der Waals surface area contributed by atoms with Crippen molar-refractivity contribution in [3.8, 4) is 5.75 Å². The highest BCUT2D eigenvalue weighted by Gasteiger charge is 2.19. The zero-order chi connectivity index (χ0) is 16.9. The smallest absolute Gasteiger partial charge is 0.255 e. The van der Waals surface area contributed by atoms with Crippen molar-refractivity contribution in [2.75, 3.05) is 19.8 Å². The van der Waals surface area contributed by atoms with Crippen LogP contribution in [0.2, 0.25) is 0 Å². The standard InChI is InChI=1S/C18H22N2O4/c1-12-16(13(2)24-20-12)11-23-17-6-4-3-5-15(17)18(21)19-9-14-7-8-22-10-14/h3-6,14H,7-11H2,1-2H3,(H,19,21). The quantitative estimate of drug-likeness (QED) is 0.881. The van der Waals surface area contributed by atoms with Crippen molar-refractivity contribution in [1.29, 1.82) is 0 Å². The monoisotopic (exact) mass is 330 g/mol. The van der Waals surface area contributed by atoms with Crippen molar-refractivity contribution >= 4 is 5.91 Å². The number of carbonyl (C=O) groups is 1. The normalized spacial score (nSPS) is 17.0. The van der Waals surface area contributed by atoms with Crippen LogP contribution in [-0.2, 0) is 11.3 Å². The Morgan fingerprint density at radius 3 is 2.92 bits per heavy atom. The van der Waals surface area contributed by atoms with Crippen LogP contribution in [0.25, 0.3) is 0 Å². The summed E-state index contributed by atoms with van der Waals surface area (Å²) in [6.45, 7) is 6.15. The Morgan fingerprint density at radius 1 is 1.38 bits per heavy atom. The van der Waals surface area contributed by atoms with Crippen molar-refractivity contribution in [3.63, 3.8) is 0 Å². The maximum Gasteiger partial charge on any atom is 0.255 e. The van der Waals surface area contributed by atoms with Gasteiger partial charge in [0, 0.05) is 19.1 Å². The Labute approximate surface area is 141 Å². The molecule has 0 saturated carbocycles. The van der Waals surface area contributed by atoms with Crippen LogP contribution >= 0.6 is 0 Å². The molecule has 1 aromatic carbocycles. The van der Waals surface area contributed by atoms with E-state index in [0.717, 1.165) is 30.0 Å². The van der Waals surface area contributed by atoms with E-state index in [4.69, 9.17) is 14.0 Å². The van der Waals surface area contributed by atoms with Crippen LogP contribution in [-0.4, -0.2) is 30.8 Å². The highest BCUT2D eigenvalue weighted by Crippen LogP contribution is 2.21. The molecule has 1 saturated heterocycles. The van der Waals surface area contributed by atoms with Gasteiger partial charge in [0.2, 0.25) is 0 Å². The minimum absolute atomic E-state index is 0.128. The van der Waals surface area contributed by atoms with Crippen molar-refractivity contribution in [1.82, 2.24) is 10.5 Å². The van der Waals surface area contributed by atoms with Gasteiger partial charge in [0.25, 0.3) is 5.91 Å². The molecule has 3 rings (SSSR count). The van der Waals surface area contributed by atoms with E-state index in [2.05, 4.69) is 10.5 Å². The first-order valence-electron chi connectivity index (χ1n) is 8.14. The third-order valence-corrected chi connectivity index (χ3v) is 4.26. The summed E-state index contributed by atoms with van der Waals surface area (Å²) in [5, 5.41) is 6.88. The predicted octanol–water partition coefficient (Wildman–Crippen LogP) is 2.64. The number of rotatable bonds is 6. The fourth-order valence-corrected chi connectivity index (χ4v) is 2.71. The van der Waals surface area contributed by atoms with Crippen LogP contribution in [0.4, 0.5) is 0 Å². The maximum absolute atomic E-state index is 12.5. The first-order valence-corrected chi connectivity index (χ1v) is 8.14. The number of aromatic nitrogens is 1. The molecule has 1 N–H and O–H groups in total. The fourth-order valence-electron chi connectivity index (χ4n) is 2.71. The van der Waals surface area contributed by atoms with E-state index >= 15 is 0 Å². The van der Waals surface area contributed by atoms with E-state index in [1.807, 2.05) is 26.0 Å². The lowest BCUT2D eigenvalue weighted by atomic mass is 10.1. The molecule has 2 heterocycles. The number of nitrogens with zero attached hydrogens (tertiary/aromatic N) is 1. The average Bonchev–Trinajstić information content (AvgIpc) is 3.22. The summed E-state index contributed by atoms with van der Waals surface area (Å²) in [6.07, 6.45) is 0.991. The number of aryl methyl sites for hydroxylation is 2. The molecule has 1 aliphatic rings. The summed E-state index contributed by atoms with van der Waals surface area (Å²) in [4.78, 5) is 12.5. The molecule has 0 bridgehead atoms. The van der Waals surface area contributed by atoms with Crippen LogP contribution < -0.4 is 10.1 Å². The summed E-state index contributed by atoms with van der Waals surface area (Å²) in [5.74, 6) is 1.55. The SMILES string of the molecule is Cc1noc(C)c1COc1ccccc1C(=O)NCC1CCOC1. The largest absolute Gasteiger partial charge is 0.488 e. The van der Waals surface area contributed by atoms with Crippen LogP contribution in [0.5, 0.6) is 5.75 Å². The Hall–Kier alpha value is -2.34. The summed E-state index contributed by atoms with van der Waals surface area (Å²) in [7, 11) is 0. The predicted molar refractivity (Wildman–Crippen MR) is 88.0 cm³/mol. The Kier molecular flexibility index (Phi) is 5.15. The molecular weight excluding hydrogens is 308 g/mol. The number of benzene rings is 1. The van der Waals surface area contributed by atoms with Gasteiger partial charge in [-0.05, 0) is 32.4 Å². The van der Waals surface area contributed by atoms with Crippen molar-refractivity contribution in [2.24, 2.45) is 5.92 Å². The first kappa shape index (κ1) is 16.5. The fraction of sp³-hybridized carbons (Fsp3) is 0.444. The molecule has 0 radical (unpaired) electrons. The van der Waals surface area contributed by atoms with Gasteiger partial charge < -0.3 is 19.3 Å². The van der Waals surface area contributed by atoms with Gasteiger partial charge in [0.1, 0.15) is 18.1 Å². The summed E-state index contributed by atoms with van der Waals surface area (Å²) < 4.78 is 16.3. The molecule has 0 aliphatic carbocycles. The number of hydrogen-bond acceptors (Lipinski definition) is 5. The molecule has 6 nitrogen and oxygen atoms in total. The Bertz CT molecular complexity index is 685. The molecule has 1 aliphatic heterocycles. The lowest BCUT2D eigenvalue weighted by Gasteiger charge is -2.13. The van der Waals surface area contributed by atoms with Gasteiger partial charge in [-0.25, -0.2) is 0 Å². The minimum Gasteiger partial charge on any atom is -0.488 e. The second-order valence-electron chi connectivity index (χ2n) is 6.03. The van der Waals surface area contributed by atoms with E-state index in [0.29, 0.717) is 37.0 Å². The molecule has 6 heteroatoms. The van der Waals surface area contributed by atoms with Gasteiger partial charge in [-0.2, -0.15) is 0 Å². The molecule has 24 heavy (non-hydrogen) atoms. The van der Waals surface area contributed by atoms with Gasteiger partial charge in [-0.1, -0.05) is 17.3 Å². The summed E-state index contributed by atoms with van der Waals surface area (Å²) >= 11 is 0. The van der Waals surface area contributed by atoms with Crippen LogP contribution in [0.3, 0.4) is 0 Å². The first-order chi connectivity index (χ1) is 11.6. The molecule has 1 aromatic heterocycles. The molecular formula is C18H22N2O4. The van der Waals surface area contributed by atoms with E-state index in [1.54, 1.807) is 12.1 Å². The van der Waals surface area contributed by atoms with Crippen LogP contribution in [0, 0.1) is 19.8 Å². The zero-order valence-corrected chi connectivity index (χ0v) is 14.0. The Morgan fingerprint density at radius 2 is 2.21 bits per heavy atom. The van der Waals surface area contributed by atoms with Gasteiger partial charge in [-0.3, -0.25) is 4.79 Å². The third-order valence-electron chi connectivity index (χ3n) is 4.26. The average molecular weight is 330 g/mol. The molecule has 1 amide bonds.